The summed E-state index contributed by atoms with van der Waals surface area (Å²) in [4.78, 5) is 22.5. The predicted molar refractivity (Wildman–Crippen MR) is 91.0 cm³/mol. The van der Waals surface area contributed by atoms with Gasteiger partial charge in [0.2, 0.25) is 10.0 Å². The highest BCUT2D eigenvalue weighted by Gasteiger charge is 2.20. The number of halogens is 1. The maximum Gasteiger partial charge on any atom is 0.283 e. The Labute approximate surface area is 142 Å². The van der Waals surface area contributed by atoms with Gasteiger partial charge < -0.3 is 5.32 Å². The molecule has 0 aliphatic carbocycles. The van der Waals surface area contributed by atoms with Crippen molar-refractivity contribution in [2.24, 2.45) is 0 Å². The van der Waals surface area contributed by atoms with Crippen LogP contribution in [-0.2, 0) is 10.0 Å². The van der Waals surface area contributed by atoms with Gasteiger partial charge in [-0.15, -0.1) is 0 Å². The summed E-state index contributed by atoms with van der Waals surface area (Å²) in [7, 11) is -3.40. The maximum atomic E-state index is 12.2. The molecule has 2 N–H and O–H groups in total. The fourth-order valence-corrected chi connectivity index (χ4v) is 2.61. The van der Waals surface area contributed by atoms with E-state index in [2.05, 4.69) is 10.0 Å². The van der Waals surface area contributed by atoms with Crippen molar-refractivity contribution in [3.05, 3.63) is 63.2 Å². The molecule has 2 rings (SSSR count). The third-order valence-corrected chi connectivity index (χ3v) is 3.69. The largest absolute Gasteiger partial charge is 0.322 e. The molecule has 0 saturated heterocycles. The molecule has 10 heteroatoms. The number of amides is 1. The van der Waals surface area contributed by atoms with Gasteiger partial charge in [0.15, 0.2) is 0 Å². The number of rotatable bonds is 5. The third-order valence-electron chi connectivity index (χ3n) is 2.85. The third kappa shape index (κ3) is 4.67. The number of benzene rings is 2. The normalized spacial score (nSPS) is 10.9. The van der Waals surface area contributed by atoms with Crippen LogP contribution in [0.4, 0.5) is 17.1 Å². The Morgan fingerprint density at radius 3 is 2.25 bits per heavy atom. The number of anilines is 2. The van der Waals surface area contributed by atoms with Crippen LogP contribution in [0.25, 0.3) is 0 Å². The molecule has 0 bridgehead atoms. The maximum absolute atomic E-state index is 12.2. The van der Waals surface area contributed by atoms with Gasteiger partial charge in [-0.05, 0) is 36.4 Å². The lowest BCUT2D eigenvalue weighted by atomic mass is 10.1. The average molecular weight is 370 g/mol. The Hall–Kier alpha value is -2.65. The molecule has 2 aromatic carbocycles. The summed E-state index contributed by atoms with van der Waals surface area (Å²) in [5.74, 6) is -0.679. The van der Waals surface area contributed by atoms with Crippen LogP contribution < -0.4 is 10.0 Å². The summed E-state index contributed by atoms with van der Waals surface area (Å²) in [6, 6.07) is 9.56. The van der Waals surface area contributed by atoms with Crippen molar-refractivity contribution in [3.63, 3.8) is 0 Å². The molecule has 8 nitrogen and oxygen atoms in total. The molecule has 0 fully saturated rings. The first-order valence-corrected chi connectivity index (χ1v) is 8.76. The van der Waals surface area contributed by atoms with Crippen molar-refractivity contribution in [2.45, 2.75) is 0 Å². The molecule has 0 aliphatic heterocycles. The molecule has 0 aromatic heterocycles. The Kier molecular flexibility index (Phi) is 5.05. The van der Waals surface area contributed by atoms with Gasteiger partial charge in [0.25, 0.3) is 11.6 Å². The highest BCUT2D eigenvalue weighted by Crippen LogP contribution is 2.24. The lowest BCUT2D eigenvalue weighted by Crippen LogP contribution is -2.14. The second-order valence-corrected chi connectivity index (χ2v) is 7.01. The van der Waals surface area contributed by atoms with Gasteiger partial charge >= 0.3 is 0 Å². The molecule has 2 aromatic rings. The predicted octanol–water partition coefficient (Wildman–Crippen LogP) is 2.87. The summed E-state index contributed by atoms with van der Waals surface area (Å²) in [6.07, 6.45) is 1.02. The lowest BCUT2D eigenvalue weighted by Gasteiger charge is -2.08. The summed E-state index contributed by atoms with van der Waals surface area (Å²) in [6.45, 7) is 0. The van der Waals surface area contributed by atoms with Crippen LogP contribution in [0.5, 0.6) is 0 Å². The molecule has 0 spiro atoms. The van der Waals surface area contributed by atoms with Crippen LogP contribution in [-0.4, -0.2) is 25.5 Å². The Bertz CT molecular complexity index is 897. The number of hydrogen-bond donors (Lipinski definition) is 2. The van der Waals surface area contributed by atoms with E-state index < -0.39 is 26.5 Å². The van der Waals surface area contributed by atoms with E-state index >= 15 is 0 Å². The number of nitrogens with one attached hydrogen (secondary N) is 2. The molecule has 126 valence electrons. The smallest absolute Gasteiger partial charge is 0.283 e. The Balaban J connectivity index is 2.20. The van der Waals surface area contributed by atoms with E-state index in [0.29, 0.717) is 11.4 Å². The minimum absolute atomic E-state index is 0.136. The Morgan fingerprint density at radius 2 is 1.71 bits per heavy atom. The molecular formula is C14H12ClN3O5S. The fraction of sp³-hybridized carbons (Fsp3) is 0.0714. The molecule has 0 heterocycles. The molecule has 1 amide bonds. The molecule has 0 aliphatic rings. The number of hydrogen-bond acceptors (Lipinski definition) is 5. The van der Waals surface area contributed by atoms with Crippen molar-refractivity contribution in [2.75, 3.05) is 16.3 Å². The second-order valence-electron chi connectivity index (χ2n) is 4.82. The average Bonchev–Trinajstić information content (AvgIpc) is 2.47. The van der Waals surface area contributed by atoms with Crippen molar-refractivity contribution in [1.29, 1.82) is 0 Å². The van der Waals surface area contributed by atoms with E-state index in [1.807, 2.05) is 0 Å². The van der Waals surface area contributed by atoms with E-state index in [-0.39, 0.29) is 10.6 Å². The van der Waals surface area contributed by atoms with Gasteiger partial charge in [0, 0.05) is 22.5 Å². The first-order chi connectivity index (χ1) is 11.2. The van der Waals surface area contributed by atoms with Crippen LogP contribution >= 0.6 is 11.6 Å². The van der Waals surface area contributed by atoms with Crippen LogP contribution in [0.1, 0.15) is 10.4 Å². The highest BCUT2D eigenvalue weighted by atomic mass is 35.5. The van der Waals surface area contributed by atoms with Gasteiger partial charge in [-0.3, -0.25) is 19.6 Å². The minimum Gasteiger partial charge on any atom is -0.322 e. The highest BCUT2D eigenvalue weighted by molar-refractivity contribution is 7.92. The van der Waals surface area contributed by atoms with Crippen LogP contribution in [0, 0.1) is 10.1 Å². The Morgan fingerprint density at radius 1 is 1.12 bits per heavy atom. The van der Waals surface area contributed by atoms with Gasteiger partial charge in [-0.25, -0.2) is 8.42 Å². The second kappa shape index (κ2) is 6.85. The van der Waals surface area contributed by atoms with E-state index in [4.69, 9.17) is 11.6 Å². The van der Waals surface area contributed by atoms with Crippen molar-refractivity contribution >= 4 is 44.6 Å². The van der Waals surface area contributed by atoms with Gasteiger partial charge in [0.1, 0.15) is 5.56 Å². The van der Waals surface area contributed by atoms with Gasteiger partial charge in [-0.1, -0.05) is 11.6 Å². The first kappa shape index (κ1) is 17.7. The van der Waals surface area contributed by atoms with Crippen molar-refractivity contribution in [1.82, 2.24) is 0 Å². The SMILES string of the molecule is CS(=O)(=O)Nc1ccc(NC(=O)c2ccc(Cl)cc2[N+](=O)[O-])cc1. The van der Waals surface area contributed by atoms with Crippen molar-refractivity contribution < 1.29 is 18.1 Å². The topological polar surface area (TPSA) is 118 Å². The van der Waals surface area contributed by atoms with E-state index in [1.54, 1.807) is 0 Å². The summed E-state index contributed by atoms with van der Waals surface area (Å²) < 4.78 is 24.5. The monoisotopic (exact) mass is 369 g/mol. The van der Waals surface area contributed by atoms with E-state index in [1.165, 1.54) is 36.4 Å². The van der Waals surface area contributed by atoms with Crippen LogP contribution in [0.15, 0.2) is 42.5 Å². The standard InChI is InChI=1S/C14H12ClN3O5S/c1-24(22,23)17-11-5-3-10(4-6-11)16-14(19)12-7-2-9(15)8-13(12)18(20)21/h2-8,17H,1H3,(H,16,19). The summed E-state index contributed by atoms with van der Waals surface area (Å²) >= 11 is 5.70. The number of nitro groups is 1. The number of nitrogens with zero attached hydrogens (tertiary/aromatic N) is 1. The molecular weight excluding hydrogens is 358 g/mol. The van der Waals surface area contributed by atoms with E-state index in [0.717, 1.165) is 12.3 Å². The zero-order chi connectivity index (χ0) is 17.9. The molecule has 0 atom stereocenters. The number of carbonyl (C=O) groups is 1. The van der Waals surface area contributed by atoms with Crippen LogP contribution in [0.3, 0.4) is 0 Å². The zero-order valence-electron chi connectivity index (χ0n) is 12.3. The fourth-order valence-electron chi connectivity index (χ4n) is 1.88. The molecule has 0 unspecified atom stereocenters. The van der Waals surface area contributed by atoms with Crippen molar-refractivity contribution in [3.8, 4) is 0 Å². The molecule has 24 heavy (non-hydrogen) atoms. The number of carbonyl (C=O) groups excluding carboxylic acids is 1. The van der Waals surface area contributed by atoms with Gasteiger partial charge in [0.05, 0.1) is 11.2 Å². The quantitative estimate of drug-likeness (QED) is 0.620. The molecule has 0 saturated carbocycles. The summed E-state index contributed by atoms with van der Waals surface area (Å²) in [5, 5.41) is 13.7. The minimum atomic E-state index is -3.40. The molecule has 0 radical (unpaired) electrons. The van der Waals surface area contributed by atoms with E-state index in [9.17, 15) is 23.3 Å². The number of nitro benzene ring substituents is 1. The summed E-state index contributed by atoms with van der Waals surface area (Å²) in [5.41, 5.74) is 0.134. The zero-order valence-corrected chi connectivity index (χ0v) is 13.9. The van der Waals surface area contributed by atoms with Gasteiger partial charge in [-0.2, -0.15) is 0 Å². The lowest BCUT2D eigenvalue weighted by molar-refractivity contribution is -0.385. The number of sulfonamides is 1. The van der Waals surface area contributed by atoms with Crippen LogP contribution in [0.2, 0.25) is 5.02 Å². The first-order valence-electron chi connectivity index (χ1n) is 6.49.